The maximum atomic E-state index is 13.1. The smallest absolute Gasteiger partial charge is 0.251 e. The van der Waals surface area contributed by atoms with Crippen LogP contribution in [0.3, 0.4) is 0 Å². The number of amides is 1. The lowest BCUT2D eigenvalue weighted by Crippen LogP contribution is -2.42. The second kappa shape index (κ2) is 7.64. The van der Waals surface area contributed by atoms with E-state index in [9.17, 15) is 22.0 Å². The molecule has 0 saturated carbocycles. The van der Waals surface area contributed by atoms with E-state index >= 15 is 0 Å². The number of hydrogen-bond donors (Lipinski definition) is 1. The van der Waals surface area contributed by atoms with Gasteiger partial charge in [-0.15, -0.1) is 0 Å². The summed E-state index contributed by atoms with van der Waals surface area (Å²) in [5.41, 5.74) is -0.0201. The zero-order valence-corrected chi connectivity index (χ0v) is 13.6. The summed E-state index contributed by atoms with van der Waals surface area (Å²) in [6.45, 7) is 3.83. The number of sulfonamides is 1. The lowest BCUT2D eigenvalue weighted by Gasteiger charge is -2.25. The van der Waals surface area contributed by atoms with Crippen molar-refractivity contribution in [2.45, 2.75) is 26.3 Å². The number of rotatable bonds is 7. The molecule has 5 nitrogen and oxygen atoms in total. The molecule has 1 amide bonds. The Morgan fingerprint density at radius 2 is 1.95 bits per heavy atom. The third-order valence-corrected chi connectivity index (χ3v) is 4.70. The SMILES string of the molecule is CCC(C)N(CCNC(=O)c1ccc(F)c(F)c1)S(C)(=O)=O. The van der Waals surface area contributed by atoms with Crippen LogP contribution >= 0.6 is 0 Å². The molecular weight excluding hydrogens is 314 g/mol. The van der Waals surface area contributed by atoms with Gasteiger partial charge in [0.25, 0.3) is 5.91 Å². The van der Waals surface area contributed by atoms with Crippen molar-refractivity contribution in [2.24, 2.45) is 0 Å². The zero-order chi connectivity index (χ0) is 16.9. The predicted molar refractivity (Wildman–Crippen MR) is 80.0 cm³/mol. The van der Waals surface area contributed by atoms with Gasteiger partial charge in [-0.1, -0.05) is 6.92 Å². The Balaban J connectivity index is 2.65. The minimum absolute atomic E-state index is 0.0201. The number of nitrogens with zero attached hydrogens (tertiary/aromatic N) is 1. The van der Waals surface area contributed by atoms with Crippen LogP contribution in [0.1, 0.15) is 30.6 Å². The van der Waals surface area contributed by atoms with Crippen LogP contribution in [-0.2, 0) is 10.0 Å². The lowest BCUT2D eigenvalue weighted by atomic mass is 10.2. The van der Waals surface area contributed by atoms with Crippen molar-refractivity contribution in [3.63, 3.8) is 0 Å². The molecule has 0 aromatic heterocycles. The molecule has 1 aromatic rings. The minimum Gasteiger partial charge on any atom is -0.351 e. The summed E-state index contributed by atoms with van der Waals surface area (Å²) in [7, 11) is -3.38. The molecule has 1 aromatic carbocycles. The number of carbonyl (C=O) groups excluding carboxylic acids is 1. The summed E-state index contributed by atoms with van der Waals surface area (Å²) in [4.78, 5) is 11.8. The van der Waals surface area contributed by atoms with E-state index in [1.165, 1.54) is 4.31 Å². The van der Waals surface area contributed by atoms with Gasteiger partial charge in [-0.2, -0.15) is 4.31 Å². The predicted octanol–water partition coefficient (Wildman–Crippen LogP) is 1.75. The van der Waals surface area contributed by atoms with Gasteiger partial charge in [0.15, 0.2) is 11.6 Å². The van der Waals surface area contributed by atoms with Crippen molar-refractivity contribution < 1.29 is 22.0 Å². The Morgan fingerprint density at radius 1 is 1.32 bits per heavy atom. The van der Waals surface area contributed by atoms with Gasteiger partial charge in [0.05, 0.1) is 6.26 Å². The standard InChI is InChI=1S/C14H20F2N2O3S/c1-4-10(2)18(22(3,20)21)8-7-17-14(19)11-5-6-12(15)13(16)9-11/h5-6,9-10H,4,7-8H2,1-3H3,(H,17,19). The molecule has 0 aliphatic heterocycles. The summed E-state index contributed by atoms with van der Waals surface area (Å²) in [5, 5.41) is 2.49. The number of halogens is 2. The van der Waals surface area contributed by atoms with Gasteiger partial charge in [-0.3, -0.25) is 4.79 Å². The van der Waals surface area contributed by atoms with E-state index in [0.717, 1.165) is 24.5 Å². The van der Waals surface area contributed by atoms with Crippen LogP contribution in [0, 0.1) is 11.6 Å². The number of carbonyl (C=O) groups is 1. The van der Waals surface area contributed by atoms with Crippen LogP contribution < -0.4 is 5.32 Å². The summed E-state index contributed by atoms with van der Waals surface area (Å²) < 4.78 is 50.5. The first-order chi connectivity index (χ1) is 10.2. The second-order valence-corrected chi connectivity index (χ2v) is 6.95. The third-order valence-electron chi connectivity index (χ3n) is 3.31. The molecule has 22 heavy (non-hydrogen) atoms. The van der Waals surface area contributed by atoms with Crippen molar-refractivity contribution in [3.8, 4) is 0 Å². The van der Waals surface area contributed by atoms with Crippen molar-refractivity contribution in [2.75, 3.05) is 19.3 Å². The summed E-state index contributed by atoms with van der Waals surface area (Å²) in [6, 6.07) is 2.64. The highest BCUT2D eigenvalue weighted by Gasteiger charge is 2.21. The van der Waals surface area contributed by atoms with Crippen LogP contribution in [0.2, 0.25) is 0 Å². The summed E-state index contributed by atoms with van der Waals surface area (Å²) in [5.74, 6) is -2.72. The zero-order valence-electron chi connectivity index (χ0n) is 12.8. The topological polar surface area (TPSA) is 66.5 Å². The normalized spacial score (nSPS) is 13.2. The molecule has 0 spiro atoms. The van der Waals surface area contributed by atoms with E-state index in [4.69, 9.17) is 0 Å². The minimum atomic E-state index is -3.38. The molecule has 0 saturated heterocycles. The van der Waals surface area contributed by atoms with Gasteiger partial charge >= 0.3 is 0 Å². The van der Waals surface area contributed by atoms with E-state index < -0.39 is 27.6 Å². The van der Waals surface area contributed by atoms with Crippen LogP contribution in [0.4, 0.5) is 8.78 Å². The Hall–Kier alpha value is -1.54. The number of hydrogen-bond acceptors (Lipinski definition) is 3. The molecule has 0 aliphatic rings. The maximum absolute atomic E-state index is 13.1. The van der Waals surface area contributed by atoms with Crippen LogP contribution in [-0.4, -0.2) is 44.0 Å². The molecule has 0 fully saturated rings. The molecule has 124 valence electrons. The first kappa shape index (κ1) is 18.5. The molecule has 0 radical (unpaired) electrons. The largest absolute Gasteiger partial charge is 0.351 e. The Morgan fingerprint density at radius 3 is 2.45 bits per heavy atom. The number of nitrogens with one attached hydrogen (secondary N) is 1. The van der Waals surface area contributed by atoms with Crippen molar-refractivity contribution in [1.29, 1.82) is 0 Å². The van der Waals surface area contributed by atoms with Gasteiger partial charge in [-0.05, 0) is 31.5 Å². The van der Waals surface area contributed by atoms with Gasteiger partial charge in [0, 0.05) is 24.7 Å². The Kier molecular flexibility index (Phi) is 6.43. The van der Waals surface area contributed by atoms with E-state index in [-0.39, 0.29) is 24.7 Å². The molecule has 1 unspecified atom stereocenters. The molecule has 0 bridgehead atoms. The highest BCUT2D eigenvalue weighted by molar-refractivity contribution is 7.88. The Labute approximate surface area is 129 Å². The fourth-order valence-corrected chi connectivity index (χ4v) is 3.16. The van der Waals surface area contributed by atoms with E-state index in [1.807, 2.05) is 6.92 Å². The number of benzene rings is 1. The van der Waals surface area contributed by atoms with Gasteiger partial charge < -0.3 is 5.32 Å². The first-order valence-corrected chi connectivity index (χ1v) is 8.71. The molecule has 0 aliphatic carbocycles. The second-order valence-electron chi connectivity index (χ2n) is 5.02. The third kappa shape index (κ3) is 5.03. The fraction of sp³-hybridized carbons (Fsp3) is 0.500. The molecular formula is C14H20F2N2O3S. The van der Waals surface area contributed by atoms with Gasteiger partial charge in [0.2, 0.25) is 10.0 Å². The quantitative estimate of drug-likeness (QED) is 0.826. The van der Waals surface area contributed by atoms with E-state index in [2.05, 4.69) is 5.32 Å². The summed E-state index contributed by atoms with van der Waals surface area (Å²) >= 11 is 0. The van der Waals surface area contributed by atoms with E-state index in [0.29, 0.717) is 6.42 Å². The average Bonchev–Trinajstić information content (AvgIpc) is 2.44. The monoisotopic (exact) mass is 334 g/mol. The van der Waals surface area contributed by atoms with Crippen LogP contribution in [0.15, 0.2) is 18.2 Å². The van der Waals surface area contributed by atoms with Crippen LogP contribution in [0.25, 0.3) is 0 Å². The molecule has 0 heterocycles. The molecule has 1 N–H and O–H groups in total. The molecule has 8 heteroatoms. The maximum Gasteiger partial charge on any atom is 0.251 e. The van der Waals surface area contributed by atoms with Crippen molar-refractivity contribution >= 4 is 15.9 Å². The first-order valence-electron chi connectivity index (χ1n) is 6.86. The molecule has 1 atom stereocenters. The average molecular weight is 334 g/mol. The highest BCUT2D eigenvalue weighted by Crippen LogP contribution is 2.09. The van der Waals surface area contributed by atoms with Crippen molar-refractivity contribution in [1.82, 2.24) is 9.62 Å². The van der Waals surface area contributed by atoms with Gasteiger partial charge in [-0.25, -0.2) is 17.2 Å². The van der Waals surface area contributed by atoms with E-state index in [1.54, 1.807) is 6.92 Å². The van der Waals surface area contributed by atoms with Crippen LogP contribution in [0.5, 0.6) is 0 Å². The highest BCUT2D eigenvalue weighted by atomic mass is 32.2. The van der Waals surface area contributed by atoms with Crippen molar-refractivity contribution in [3.05, 3.63) is 35.4 Å². The summed E-state index contributed by atoms with van der Waals surface area (Å²) in [6.07, 6.45) is 1.75. The van der Waals surface area contributed by atoms with Gasteiger partial charge in [0.1, 0.15) is 0 Å². The molecule has 1 rings (SSSR count). The Bertz CT molecular complexity index is 635. The fourth-order valence-electron chi connectivity index (χ4n) is 1.94. The lowest BCUT2D eigenvalue weighted by molar-refractivity contribution is 0.0950.